The summed E-state index contributed by atoms with van der Waals surface area (Å²) >= 11 is 7.32. The molecule has 1 aliphatic heterocycles. The SMILES string of the molecule is O=C(CSc1ncc(-c2ccc(F)cc2)[nH]1)N1CCN(S(=O)(=O)c2ccccc2Cl)CC1. The van der Waals surface area contributed by atoms with Crippen LogP contribution in [-0.2, 0) is 14.8 Å². The van der Waals surface area contributed by atoms with Crippen molar-refractivity contribution >= 4 is 39.3 Å². The minimum atomic E-state index is -3.70. The lowest BCUT2D eigenvalue weighted by atomic mass is 10.2. The molecule has 4 rings (SSSR count). The van der Waals surface area contributed by atoms with Crippen molar-refractivity contribution in [2.75, 3.05) is 31.9 Å². The number of rotatable bonds is 6. The molecule has 0 unspecified atom stereocenters. The number of benzene rings is 2. The highest BCUT2D eigenvalue weighted by atomic mass is 35.5. The van der Waals surface area contributed by atoms with Crippen LogP contribution in [0.2, 0.25) is 5.02 Å². The number of sulfonamides is 1. The van der Waals surface area contributed by atoms with Crippen LogP contribution in [0.15, 0.2) is 64.8 Å². The van der Waals surface area contributed by atoms with Crippen LogP contribution in [0, 0.1) is 5.82 Å². The van der Waals surface area contributed by atoms with E-state index in [1.54, 1.807) is 41.4 Å². The van der Waals surface area contributed by atoms with Crippen molar-refractivity contribution < 1.29 is 17.6 Å². The molecule has 0 bridgehead atoms. The summed E-state index contributed by atoms with van der Waals surface area (Å²) in [5.74, 6) is -0.231. The van der Waals surface area contributed by atoms with Gasteiger partial charge in [0.2, 0.25) is 15.9 Å². The zero-order valence-corrected chi connectivity index (χ0v) is 19.3. The van der Waals surface area contributed by atoms with Gasteiger partial charge in [0.25, 0.3) is 0 Å². The van der Waals surface area contributed by atoms with Gasteiger partial charge in [0, 0.05) is 26.2 Å². The van der Waals surface area contributed by atoms with Crippen molar-refractivity contribution in [2.24, 2.45) is 0 Å². The summed E-state index contributed by atoms with van der Waals surface area (Å²) in [6.07, 6.45) is 1.64. The Labute approximate surface area is 194 Å². The van der Waals surface area contributed by atoms with E-state index in [2.05, 4.69) is 9.97 Å². The maximum Gasteiger partial charge on any atom is 0.244 e. The average molecular weight is 495 g/mol. The number of thioether (sulfide) groups is 1. The molecule has 2 aromatic carbocycles. The van der Waals surface area contributed by atoms with Crippen LogP contribution in [0.3, 0.4) is 0 Å². The lowest BCUT2D eigenvalue weighted by Gasteiger charge is -2.34. The highest BCUT2D eigenvalue weighted by molar-refractivity contribution is 7.99. The fourth-order valence-corrected chi connectivity index (χ4v) is 6.01. The summed E-state index contributed by atoms with van der Waals surface area (Å²) in [4.78, 5) is 21.7. The molecule has 3 aromatic rings. The van der Waals surface area contributed by atoms with Crippen molar-refractivity contribution in [1.29, 1.82) is 0 Å². The van der Waals surface area contributed by atoms with E-state index in [1.807, 2.05) is 0 Å². The smallest absolute Gasteiger partial charge is 0.244 e. The van der Waals surface area contributed by atoms with Crippen LogP contribution in [-0.4, -0.2) is 65.4 Å². The monoisotopic (exact) mass is 494 g/mol. The van der Waals surface area contributed by atoms with E-state index in [9.17, 15) is 17.6 Å². The van der Waals surface area contributed by atoms with Gasteiger partial charge in [-0.25, -0.2) is 17.8 Å². The van der Waals surface area contributed by atoms with Gasteiger partial charge in [-0.3, -0.25) is 4.79 Å². The molecule has 32 heavy (non-hydrogen) atoms. The first kappa shape index (κ1) is 22.8. The lowest BCUT2D eigenvalue weighted by Crippen LogP contribution is -2.51. The third kappa shape index (κ3) is 4.98. The highest BCUT2D eigenvalue weighted by Gasteiger charge is 2.31. The zero-order valence-electron chi connectivity index (χ0n) is 16.9. The predicted molar refractivity (Wildman–Crippen MR) is 121 cm³/mol. The van der Waals surface area contributed by atoms with E-state index in [1.165, 1.54) is 34.3 Å². The molecule has 0 radical (unpaired) electrons. The van der Waals surface area contributed by atoms with E-state index < -0.39 is 10.0 Å². The summed E-state index contributed by atoms with van der Waals surface area (Å²) in [7, 11) is -3.70. The number of hydrogen-bond donors (Lipinski definition) is 1. The third-order valence-corrected chi connectivity index (χ3v) is 8.36. The first-order chi connectivity index (χ1) is 15.3. The number of hydrogen-bond acceptors (Lipinski definition) is 5. The second kappa shape index (κ2) is 9.62. The summed E-state index contributed by atoms with van der Waals surface area (Å²) in [6.45, 7) is 1.03. The number of imidazole rings is 1. The molecule has 11 heteroatoms. The molecule has 1 aliphatic rings. The van der Waals surface area contributed by atoms with Gasteiger partial charge >= 0.3 is 0 Å². The number of piperazine rings is 1. The molecule has 7 nitrogen and oxygen atoms in total. The summed E-state index contributed by atoms with van der Waals surface area (Å²) in [5.41, 5.74) is 1.53. The summed E-state index contributed by atoms with van der Waals surface area (Å²) < 4.78 is 40.1. The average Bonchev–Trinajstić information content (AvgIpc) is 3.27. The molecule has 1 saturated heterocycles. The first-order valence-corrected chi connectivity index (χ1v) is 12.6. The number of nitrogens with one attached hydrogen (secondary N) is 1. The molecular formula is C21H20ClFN4O3S2. The molecule has 0 atom stereocenters. The standard InChI is InChI=1S/C21H20ClFN4O3S2/c22-17-3-1-2-4-19(17)32(29,30)27-11-9-26(10-12-27)20(28)14-31-21-24-13-18(25-21)15-5-7-16(23)8-6-15/h1-8,13H,9-12,14H2,(H,24,25). The molecular weight excluding hydrogens is 475 g/mol. The van der Waals surface area contributed by atoms with Crippen LogP contribution in [0.1, 0.15) is 0 Å². The molecule has 2 heterocycles. The fourth-order valence-electron chi connectivity index (χ4n) is 3.34. The van der Waals surface area contributed by atoms with Crippen molar-refractivity contribution in [1.82, 2.24) is 19.2 Å². The molecule has 1 amide bonds. The second-order valence-electron chi connectivity index (χ2n) is 7.11. The molecule has 168 valence electrons. The Hall–Kier alpha value is -2.40. The predicted octanol–water partition coefficient (Wildman–Crippen LogP) is 3.49. The molecule has 0 spiro atoms. The number of carbonyl (C=O) groups is 1. The number of aromatic amines is 1. The topological polar surface area (TPSA) is 86.4 Å². The zero-order chi connectivity index (χ0) is 22.7. The van der Waals surface area contributed by atoms with E-state index in [-0.39, 0.29) is 40.5 Å². The highest BCUT2D eigenvalue weighted by Crippen LogP contribution is 2.26. The number of amides is 1. The number of nitrogens with zero attached hydrogens (tertiary/aromatic N) is 3. The van der Waals surface area contributed by atoms with E-state index in [4.69, 9.17) is 11.6 Å². The van der Waals surface area contributed by atoms with Gasteiger partial charge in [-0.1, -0.05) is 35.5 Å². The maximum atomic E-state index is 13.1. The third-order valence-electron chi connectivity index (χ3n) is 5.09. The second-order valence-corrected chi connectivity index (χ2v) is 10.4. The van der Waals surface area contributed by atoms with Crippen LogP contribution in [0.25, 0.3) is 11.3 Å². The first-order valence-electron chi connectivity index (χ1n) is 9.81. The van der Waals surface area contributed by atoms with Gasteiger partial charge in [0.05, 0.1) is 22.7 Å². The van der Waals surface area contributed by atoms with Gasteiger partial charge in [0.1, 0.15) is 10.7 Å². The van der Waals surface area contributed by atoms with E-state index >= 15 is 0 Å². The summed E-state index contributed by atoms with van der Waals surface area (Å²) in [5, 5.41) is 0.762. The largest absolute Gasteiger partial charge is 0.339 e. The minimum Gasteiger partial charge on any atom is -0.339 e. The van der Waals surface area contributed by atoms with Gasteiger partial charge in [-0.2, -0.15) is 4.31 Å². The Morgan fingerprint density at radius 1 is 1.09 bits per heavy atom. The van der Waals surface area contributed by atoms with Gasteiger partial charge in [-0.15, -0.1) is 0 Å². The van der Waals surface area contributed by atoms with Gasteiger partial charge in [0.15, 0.2) is 5.16 Å². The van der Waals surface area contributed by atoms with Crippen molar-refractivity contribution in [3.05, 3.63) is 65.6 Å². The number of H-pyrrole nitrogens is 1. The number of halogens is 2. The number of carbonyl (C=O) groups excluding carboxylic acids is 1. The molecule has 1 fully saturated rings. The lowest BCUT2D eigenvalue weighted by molar-refractivity contribution is -0.129. The van der Waals surface area contributed by atoms with Crippen LogP contribution < -0.4 is 0 Å². The minimum absolute atomic E-state index is 0.0757. The summed E-state index contributed by atoms with van der Waals surface area (Å²) in [6, 6.07) is 12.4. The van der Waals surface area contributed by atoms with Crippen molar-refractivity contribution in [2.45, 2.75) is 10.1 Å². The Kier molecular flexibility index (Phi) is 6.85. The van der Waals surface area contributed by atoms with Crippen LogP contribution in [0.4, 0.5) is 4.39 Å². The van der Waals surface area contributed by atoms with Crippen LogP contribution >= 0.6 is 23.4 Å². The van der Waals surface area contributed by atoms with E-state index in [0.29, 0.717) is 18.2 Å². The Balaban J connectivity index is 1.31. The van der Waals surface area contributed by atoms with Crippen LogP contribution in [0.5, 0.6) is 0 Å². The van der Waals surface area contributed by atoms with E-state index in [0.717, 1.165) is 11.3 Å². The number of aromatic nitrogens is 2. The van der Waals surface area contributed by atoms with Gasteiger partial charge < -0.3 is 9.88 Å². The Bertz CT molecular complexity index is 1210. The van der Waals surface area contributed by atoms with Crippen molar-refractivity contribution in [3.8, 4) is 11.3 Å². The van der Waals surface area contributed by atoms with Crippen molar-refractivity contribution in [3.63, 3.8) is 0 Å². The quantitative estimate of drug-likeness (QED) is 0.530. The molecule has 0 aliphatic carbocycles. The molecule has 0 saturated carbocycles. The molecule has 1 aromatic heterocycles. The Morgan fingerprint density at radius 2 is 1.78 bits per heavy atom. The normalized spacial score (nSPS) is 15.1. The maximum absolute atomic E-state index is 13.1. The van der Waals surface area contributed by atoms with Gasteiger partial charge in [-0.05, 0) is 42.0 Å². The Morgan fingerprint density at radius 3 is 2.47 bits per heavy atom. The fraction of sp³-hybridized carbons (Fsp3) is 0.238. The molecule has 1 N–H and O–H groups in total.